The van der Waals surface area contributed by atoms with Gasteiger partial charge in [0.25, 0.3) is 11.7 Å². The number of carbonyl (C=O) groups excluding carboxylic acids is 5. The molecule has 2 bridgehead atoms. The number of hydrogen-bond acceptors (Lipinski definition) is 13. The van der Waals surface area contributed by atoms with Crippen LogP contribution in [-0.4, -0.2) is 132 Å². The van der Waals surface area contributed by atoms with Crippen molar-refractivity contribution in [3.63, 3.8) is 0 Å². The van der Waals surface area contributed by atoms with Crippen LogP contribution in [0.25, 0.3) is 0 Å². The Hall–Kier alpha value is -3.37. The van der Waals surface area contributed by atoms with Crippen LogP contribution in [0, 0.1) is 35.5 Å². The van der Waals surface area contributed by atoms with Crippen molar-refractivity contribution in [1.29, 1.82) is 0 Å². The Morgan fingerprint density at radius 2 is 1.58 bits per heavy atom. The molecule has 0 aromatic carbocycles. The lowest BCUT2D eigenvalue weighted by atomic mass is 9.78. The number of fused-ring (bicyclic) bond motifs is 3. The molecular formula is C51H79NO13. The summed E-state index contributed by atoms with van der Waals surface area (Å²) in [6.45, 7) is 12.7. The molecule has 0 radical (unpaired) electrons. The average Bonchev–Trinajstić information content (AvgIpc) is 3.28. The van der Waals surface area contributed by atoms with Crippen LogP contribution >= 0.6 is 0 Å². The van der Waals surface area contributed by atoms with E-state index in [0.717, 1.165) is 12.0 Å². The topological polar surface area (TPSA) is 195 Å². The Morgan fingerprint density at radius 3 is 2.26 bits per heavy atom. The van der Waals surface area contributed by atoms with Crippen molar-refractivity contribution in [3.05, 3.63) is 47.6 Å². The van der Waals surface area contributed by atoms with Crippen LogP contribution in [0.1, 0.15) is 126 Å². The van der Waals surface area contributed by atoms with Crippen LogP contribution in [0.2, 0.25) is 0 Å². The Labute approximate surface area is 387 Å². The number of nitrogens with zero attached hydrogens (tertiary/aromatic N) is 1. The predicted octanol–water partition coefficient (Wildman–Crippen LogP) is 6.18. The van der Waals surface area contributed by atoms with Gasteiger partial charge in [0.1, 0.15) is 18.2 Å². The highest BCUT2D eigenvalue weighted by molar-refractivity contribution is 6.39. The zero-order valence-corrected chi connectivity index (χ0v) is 40.6. The number of ether oxygens (including phenoxy) is 5. The van der Waals surface area contributed by atoms with Gasteiger partial charge in [-0.25, -0.2) is 4.79 Å². The van der Waals surface area contributed by atoms with Crippen molar-refractivity contribution in [1.82, 2.24) is 4.90 Å². The molecule has 0 spiro atoms. The molecule has 3 fully saturated rings. The van der Waals surface area contributed by atoms with Crippen molar-refractivity contribution < 1.29 is 63.0 Å². The molecule has 3 aliphatic heterocycles. The molecule has 8 unspecified atom stereocenters. The second kappa shape index (κ2) is 25.1. The molecule has 4 rings (SSSR count). The zero-order valence-electron chi connectivity index (χ0n) is 40.6. The van der Waals surface area contributed by atoms with Crippen LogP contribution in [-0.2, 0) is 47.7 Å². The standard InChI is InChI=1S/C51H79NO13/c1-30-16-12-11-13-17-31(2)42(61-8)28-38-21-19-36(7)51(60,65-38)48(57)49(58)52-23-15-14-18-39(52)50(59)64-43(33(4)26-37-20-22-40(53)44(27-37)62-9)29-41(54)32(3)25-35(6)46(56)47(63-10)45(55)34(5)24-30/h11-13,16-17,25,30,33-40,42-44,46-47,53,56,60H,14-15,18-24,26-29H2,1-10H3/t30-,33-,34-,35?,36-,37+,38+,39+,40?,42?,43?,44?,46?,47?,51?/m1/s1. The van der Waals surface area contributed by atoms with Crippen LogP contribution < -0.4 is 0 Å². The first-order valence-electron chi connectivity index (χ1n) is 23.9. The molecule has 65 heavy (non-hydrogen) atoms. The number of rotatable bonds is 6. The number of aliphatic hydroxyl groups excluding tert-OH is 2. The van der Waals surface area contributed by atoms with E-state index in [1.165, 1.54) is 12.0 Å². The van der Waals surface area contributed by atoms with E-state index >= 15 is 0 Å². The highest BCUT2D eigenvalue weighted by Gasteiger charge is 2.53. The van der Waals surface area contributed by atoms with Gasteiger partial charge in [-0.1, -0.05) is 71.1 Å². The molecule has 366 valence electrons. The molecule has 15 atom stereocenters. The summed E-state index contributed by atoms with van der Waals surface area (Å²) in [7, 11) is 4.53. The number of cyclic esters (lactones) is 1. The molecule has 4 aliphatic rings. The first-order valence-corrected chi connectivity index (χ1v) is 23.9. The third kappa shape index (κ3) is 14.3. The summed E-state index contributed by atoms with van der Waals surface area (Å²) >= 11 is 0. The van der Waals surface area contributed by atoms with Gasteiger partial charge in [0.05, 0.1) is 30.5 Å². The maximum Gasteiger partial charge on any atom is 0.329 e. The molecule has 0 aromatic heterocycles. The number of carbonyl (C=O) groups is 5. The maximum atomic E-state index is 14.4. The number of esters is 1. The molecule has 1 amide bonds. The smallest absolute Gasteiger partial charge is 0.329 e. The average molecular weight is 914 g/mol. The van der Waals surface area contributed by atoms with E-state index in [9.17, 15) is 39.3 Å². The Balaban J connectivity index is 1.70. The predicted molar refractivity (Wildman–Crippen MR) is 245 cm³/mol. The monoisotopic (exact) mass is 914 g/mol. The first-order chi connectivity index (χ1) is 30.7. The lowest BCUT2D eigenvalue weighted by Crippen LogP contribution is -2.61. The van der Waals surface area contributed by atoms with Crippen molar-refractivity contribution in [2.24, 2.45) is 35.5 Å². The van der Waals surface area contributed by atoms with Gasteiger partial charge in [-0.2, -0.15) is 0 Å². The molecule has 3 N–H and O–H groups in total. The fraction of sp³-hybridized carbons (Fsp3) is 0.745. The Kier molecular flexibility index (Phi) is 21.0. The summed E-state index contributed by atoms with van der Waals surface area (Å²) in [4.78, 5) is 71.7. The van der Waals surface area contributed by atoms with E-state index in [2.05, 4.69) is 0 Å². The van der Waals surface area contributed by atoms with Crippen LogP contribution in [0.3, 0.4) is 0 Å². The van der Waals surface area contributed by atoms with Gasteiger partial charge in [-0.15, -0.1) is 0 Å². The summed E-state index contributed by atoms with van der Waals surface area (Å²) < 4.78 is 29.4. The van der Waals surface area contributed by atoms with E-state index in [0.29, 0.717) is 63.4 Å². The number of aliphatic hydroxyl groups is 3. The number of allylic oxidation sites excluding steroid dienone is 6. The van der Waals surface area contributed by atoms with E-state index < -0.39 is 83.9 Å². The minimum Gasteiger partial charge on any atom is -0.460 e. The minimum atomic E-state index is -2.43. The molecule has 14 nitrogen and oxygen atoms in total. The maximum absolute atomic E-state index is 14.4. The number of hydrogen-bond donors (Lipinski definition) is 3. The van der Waals surface area contributed by atoms with Crippen LogP contribution in [0.4, 0.5) is 0 Å². The number of piperidine rings is 1. The van der Waals surface area contributed by atoms with Gasteiger partial charge in [-0.05, 0) is 107 Å². The second-order valence-corrected chi connectivity index (χ2v) is 19.6. The van der Waals surface area contributed by atoms with Gasteiger partial charge >= 0.3 is 5.97 Å². The molecule has 1 saturated carbocycles. The summed E-state index contributed by atoms with van der Waals surface area (Å²) in [5, 5.41) is 33.9. The third-order valence-corrected chi connectivity index (χ3v) is 14.5. The number of Topliss-reactive ketones (excluding diaryl/α,β-unsaturated/α-hetero) is 3. The van der Waals surface area contributed by atoms with Crippen molar-refractivity contribution >= 4 is 29.2 Å². The summed E-state index contributed by atoms with van der Waals surface area (Å²) in [6, 6.07) is -1.14. The van der Waals surface area contributed by atoms with Gasteiger partial charge in [0.15, 0.2) is 11.6 Å². The normalized spacial score (nSPS) is 37.8. The molecular weight excluding hydrogens is 835 g/mol. The van der Waals surface area contributed by atoms with E-state index in [-0.39, 0.29) is 54.8 Å². The quantitative estimate of drug-likeness (QED) is 0.202. The summed E-state index contributed by atoms with van der Waals surface area (Å²) in [5.41, 5.74) is 1.19. The SMILES string of the molecule is COC1C[C@@H]2CC[C@@H](C)C(O)(O2)C(=O)C(=O)N2CCCC[C@H]2C(=O)OC([C@H](C)C[C@@H]2CCC(O)C(OC)C2)CC(=O)C(C)=CC(C)C(O)C(OC)C(=O)[C@H](C)C[C@H](C)C=CC=CC=C1C. The third-order valence-electron chi connectivity index (χ3n) is 14.5. The van der Waals surface area contributed by atoms with Gasteiger partial charge in [-0.3, -0.25) is 19.2 Å². The van der Waals surface area contributed by atoms with Gasteiger partial charge in [0.2, 0.25) is 5.79 Å². The van der Waals surface area contributed by atoms with E-state index in [4.69, 9.17) is 23.7 Å². The molecule has 14 heteroatoms. The zero-order chi connectivity index (χ0) is 48.2. The summed E-state index contributed by atoms with van der Waals surface area (Å²) in [5.74, 6) is -7.93. The fourth-order valence-corrected chi connectivity index (χ4v) is 10.1. The molecule has 3 heterocycles. The first kappa shape index (κ1) is 54.2. The van der Waals surface area contributed by atoms with Crippen molar-refractivity contribution in [2.45, 2.75) is 180 Å². The molecule has 1 aliphatic carbocycles. The summed E-state index contributed by atoms with van der Waals surface area (Å²) in [6.07, 6.45) is 11.2. The van der Waals surface area contributed by atoms with E-state index in [1.54, 1.807) is 41.1 Å². The molecule has 2 saturated heterocycles. The Morgan fingerprint density at radius 1 is 0.862 bits per heavy atom. The Bertz CT molecular complexity index is 1760. The van der Waals surface area contributed by atoms with Crippen LogP contribution in [0.5, 0.6) is 0 Å². The number of ketones is 3. The second-order valence-electron chi connectivity index (χ2n) is 19.6. The largest absolute Gasteiger partial charge is 0.460 e. The lowest BCUT2D eigenvalue weighted by Gasteiger charge is -2.42. The van der Waals surface area contributed by atoms with Crippen molar-refractivity contribution in [2.75, 3.05) is 27.9 Å². The van der Waals surface area contributed by atoms with E-state index in [1.807, 2.05) is 58.1 Å². The van der Waals surface area contributed by atoms with Gasteiger partial charge < -0.3 is 43.9 Å². The molecule has 0 aromatic rings. The highest BCUT2D eigenvalue weighted by atomic mass is 16.6. The minimum absolute atomic E-state index is 0.0220. The number of amides is 1. The number of methoxy groups -OCH3 is 3. The van der Waals surface area contributed by atoms with Crippen molar-refractivity contribution in [3.8, 4) is 0 Å². The lowest BCUT2D eigenvalue weighted by molar-refractivity contribution is -0.265. The highest BCUT2D eigenvalue weighted by Crippen LogP contribution is 2.38. The van der Waals surface area contributed by atoms with Crippen LogP contribution in [0.15, 0.2) is 47.6 Å². The van der Waals surface area contributed by atoms with Gasteiger partial charge in [0, 0.05) is 58.5 Å². The fourth-order valence-electron chi connectivity index (χ4n) is 10.1.